The van der Waals surface area contributed by atoms with Crippen LogP contribution in [0.2, 0.25) is 0 Å². The Labute approximate surface area is 166 Å². The SMILES string of the molecule is CNC(=O)c1cc([N+](=O)[O-])ccc1N1CCC(NC(=O)c2ccc(C)s2)CC1. The molecular formula is C19H22N4O4S. The van der Waals surface area contributed by atoms with Crippen LogP contribution in [0.1, 0.15) is 37.7 Å². The Morgan fingerprint density at radius 3 is 2.46 bits per heavy atom. The van der Waals surface area contributed by atoms with E-state index >= 15 is 0 Å². The summed E-state index contributed by atoms with van der Waals surface area (Å²) in [6.07, 6.45) is 1.47. The normalized spacial score (nSPS) is 14.6. The van der Waals surface area contributed by atoms with Crippen molar-refractivity contribution in [1.82, 2.24) is 10.6 Å². The van der Waals surface area contributed by atoms with Crippen LogP contribution in [-0.2, 0) is 0 Å². The minimum Gasteiger partial charge on any atom is -0.371 e. The van der Waals surface area contributed by atoms with E-state index in [1.165, 1.54) is 30.5 Å². The summed E-state index contributed by atoms with van der Waals surface area (Å²) < 4.78 is 0. The summed E-state index contributed by atoms with van der Waals surface area (Å²) >= 11 is 1.47. The zero-order chi connectivity index (χ0) is 20.3. The van der Waals surface area contributed by atoms with Gasteiger partial charge in [0, 0.05) is 43.2 Å². The highest BCUT2D eigenvalue weighted by molar-refractivity contribution is 7.13. The topological polar surface area (TPSA) is 105 Å². The van der Waals surface area contributed by atoms with Gasteiger partial charge in [-0.2, -0.15) is 0 Å². The van der Waals surface area contributed by atoms with Gasteiger partial charge in [-0.05, 0) is 38.0 Å². The summed E-state index contributed by atoms with van der Waals surface area (Å²) in [5.41, 5.74) is 0.840. The van der Waals surface area contributed by atoms with E-state index in [9.17, 15) is 19.7 Å². The number of carbonyl (C=O) groups excluding carboxylic acids is 2. The molecule has 28 heavy (non-hydrogen) atoms. The number of carbonyl (C=O) groups is 2. The van der Waals surface area contributed by atoms with Gasteiger partial charge in [0.15, 0.2) is 0 Å². The van der Waals surface area contributed by atoms with Crippen molar-refractivity contribution in [3.63, 3.8) is 0 Å². The van der Waals surface area contributed by atoms with E-state index in [-0.39, 0.29) is 29.1 Å². The molecule has 9 heteroatoms. The lowest BCUT2D eigenvalue weighted by molar-refractivity contribution is -0.384. The summed E-state index contributed by atoms with van der Waals surface area (Å²) in [5, 5.41) is 16.6. The van der Waals surface area contributed by atoms with Crippen molar-refractivity contribution < 1.29 is 14.5 Å². The Morgan fingerprint density at radius 2 is 1.89 bits per heavy atom. The molecule has 0 atom stereocenters. The molecule has 0 spiro atoms. The first-order valence-electron chi connectivity index (χ1n) is 9.02. The van der Waals surface area contributed by atoms with Gasteiger partial charge in [0.05, 0.1) is 21.1 Å². The summed E-state index contributed by atoms with van der Waals surface area (Å²) in [7, 11) is 1.50. The van der Waals surface area contributed by atoms with Crippen LogP contribution < -0.4 is 15.5 Å². The second-order valence-electron chi connectivity index (χ2n) is 6.68. The Balaban J connectivity index is 1.68. The largest absolute Gasteiger partial charge is 0.371 e. The van der Waals surface area contributed by atoms with Gasteiger partial charge < -0.3 is 15.5 Å². The highest BCUT2D eigenvalue weighted by Crippen LogP contribution is 2.28. The number of aryl methyl sites for hydroxylation is 1. The number of thiophene rings is 1. The number of nitrogens with one attached hydrogen (secondary N) is 2. The van der Waals surface area contributed by atoms with E-state index in [4.69, 9.17) is 0 Å². The smallest absolute Gasteiger partial charge is 0.270 e. The fraction of sp³-hybridized carbons (Fsp3) is 0.368. The molecule has 1 aliphatic heterocycles. The molecule has 0 saturated carbocycles. The molecule has 2 aromatic rings. The Hall–Kier alpha value is -2.94. The number of nitro benzene ring substituents is 1. The van der Waals surface area contributed by atoms with Crippen LogP contribution in [0.15, 0.2) is 30.3 Å². The summed E-state index contributed by atoms with van der Waals surface area (Å²) in [5.74, 6) is -0.417. The fourth-order valence-electron chi connectivity index (χ4n) is 3.31. The lowest BCUT2D eigenvalue weighted by atomic mass is 10.0. The van der Waals surface area contributed by atoms with Gasteiger partial charge in [-0.1, -0.05) is 0 Å². The molecule has 8 nitrogen and oxygen atoms in total. The highest BCUT2D eigenvalue weighted by Gasteiger charge is 2.25. The number of rotatable bonds is 5. The number of benzene rings is 1. The Kier molecular flexibility index (Phi) is 5.93. The zero-order valence-corrected chi connectivity index (χ0v) is 16.5. The average Bonchev–Trinajstić information content (AvgIpc) is 3.14. The molecule has 2 amide bonds. The maximum absolute atomic E-state index is 12.3. The van der Waals surface area contributed by atoms with Gasteiger partial charge >= 0.3 is 0 Å². The van der Waals surface area contributed by atoms with Gasteiger partial charge in [0.2, 0.25) is 0 Å². The first-order chi connectivity index (χ1) is 13.4. The van der Waals surface area contributed by atoms with Crippen molar-refractivity contribution >= 4 is 34.5 Å². The van der Waals surface area contributed by atoms with Crippen LogP contribution in [0.3, 0.4) is 0 Å². The van der Waals surface area contributed by atoms with Crippen LogP contribution in [0.25, 0.3) is 0 Å². The number of nitro groups is 1. The molecule has 2 heterocycles. The number of piperidine rings is 1. The van der Waals surface area contributed by atoms with E-state index in [1.807, 2.05) is 24.0 Å². The van der Waals surface area contributed by atoms with Crippen molar-refractivity contribution in [2.24, 2.45) is 0 Å². The molecular weight excluding hydrogens is 380 g/mol. The number of hydrogen-bond acceptors (Lipinski definition) is 6. The molecule has 0 radical (unpaired) electrons. The maximum Gasteiger partial charge on any atom is 0.270 e. The molecule has 1 aromatic carbocycles. The molecule has 1 aliphatic rings. The summed E-state index contributed by atoms with van der Waals surface area (Å²) in [6.45, 7) is 3.26. The Morgan fingerprint density at radius 1 is 1.18 bits per heavy atom. The van der Waals surface area contributed by atoms with Gasteiger partial charge in [-0.15, -0.1) is 11.3 Å². The second kappa shape index (κ2) is 8.39. The van der Waals surface area contributed by atoms with Crippen molar-refractivity contribution in [2.75, 3.05) is 25.0 Å². The maximum atomic E-state index is 12.3. The van der Waals surface area contributed by atoms with E-state index < -0.39 is 4.92 Å². The molecule has 1 aromatic heterocycles. The van der Waals surface area contributed by atoms with E-state index in [1.54, 1.807) is 6.07 Å². The number of non-ortho nitro benzene ring substituents is 1. The first-order valence-corrected chi connectivity index (χ1v) is 9.83. The molecule has 1 saturated heterocycles. The fourth-order valence-corrected chi connectivity index (χ4v) is 4.08. The van der Waals surface area contributed by atoms with Gasteiger partial charge in [0.25, 0.3) is 17.5 Å². The quantitative estimate of drug-likeness (QED) is 0.591. The van der Waals surface area contributed by atoms with Crippen molar-refractivity contribution in [3.05, 3.63) is 55.8 Å². The second-order valence-corrected chi connectivity index (χ2v) is 7.97. The van der Waals surface area contributed by atoms with Gasteiger partial charge in [0.1, 0.15) is 0 Å². The Bertz CT molecular complexity index is 903. The third-order valence-corrected chi connectivity index (χ3v) is 5.80. The lowest BCUT2D eigenvalue weighted by Gasteiger charge is -2.34. The lowest BCUT2D eigenvalue weighted by Crippen LogP contribution is -2.45. The number of amides is 2. The van der Waals surface area contributed by atoms with E-state index in [0.29, 0.717) is 23.7 Å². The minimum absolute atomic E-state index is 0.0575. The standard InChI is InChI=1S/C19H22N4O4S/c1-12-3-6-17(28-12)19(25)21-13-7-9-22(10-8-13)16-5-4-14(23(26)27)11-15(16)18(24)20-2/h3-6,11,13H,7-10H2,1-2H3,(H,20,24)(H,21,25). The van der Waals surface area contributed by atoms with Crippen LogP contribution >= 0.6 is 11.3 Å². The van der Waals surface area contributed by atoms with E-state index in [0.717, 1.165) is 17.7 Å². The molecule has 2 N–H and O–H groups in total. The van der Waals surface area contributed by atoms with Crippen molar-refractivity contribution in [2.45, 2.75) is 25.8 Å². The molecule has 0 bridgehead atoms. The third-order valence-electron chi connectivity index (χ3n) is 4.80. The van der Waals surface area contributed by atoms with Crippen LogP contribution in [0, 0.1) is 17.0 Å². The monoisotopic (exact) mass is 402 g/mol. The summed E-state index contributed by atoms with van der Waals surface area (Å²) in [6, 6.07) is 8.16. The molecule has 148 valence electrons. The average molecular weight is 402 g/mol. The third kappa shape index (κ3) is 4.30. The summed E-state index contributed by atoms with van der Waals surface area (Å²) in [4.78, 5) is 38.9. The van der Waals surface area contributed by atoms with Crippen molar-refractivity contribution in [1.29, 1.82) is 0 Å². The van der Waals surface area contributed by atoms with Crippen LogP contribution in [0.4, 0.5) is 11.4 Å². The minimum atomic E-state index is -0.510. The highest BCUT2D eigenvalue weighted by atomic mass is 32.1. The van der Waals surface area contributed by atoms with Crippen molar-refractivity contribution in [3.8, 4) is 0 Å². The number of anilines is 1. The number of nitrogens with zero attached hydrogens (tertiary/aromatic N) is 2. The molecule has 1 fully saturated rings. The van der Waals surface area contributed by atoms with Gasteiger partial charge in [-0.3, -0.25) is 19.7 Å². The molecule has 3 rings (SSSR count). The molecule has 0 aliphatic carbocycles. The first kappa shape index (κ1) is 19.8. The predicted molar refractivity (Wildman–Crippen MR) is 108 cm³/mol. The van der Waals surface area contributed by atoms with Gasteiger partial charge in [-0.25, -0.2) is 0 Å². The number of hydrogen-bond donors (Lipinski definition) is 2. The van der Waals surface area contributed by atoms with E-state index in [2.05, 4.69) is 10.6 Å². The van der Waals surface area contributed by atoms with Crippen LogP contribution in [-0.4, -0.2) is 42.9 Å². The molecule has 0 unspecified atom stereocenters. The van der Waals surface area contributed by atoms with Crippen LogP contribution in [0.5, 0.6) is 0 Å². The predicted octanol–water partition coefficient (Wildman–Crippen LogP) is 2.72. The zero-order valence-electron chi connectivity index (χ0n) is 15.7.